The average molecular weight is 450 g/mol. The Balaban J connectivity index is 1.54. The number of halogens is 1. The molecule has 3 rings (SSSR count). The largest absolute Gasteiger partial charge is 0.348 e. The summed E-state index contributed by atoms with van der Waals surface area (Å²) in [7, 11) is 0. The highest BCUT2D eigenvalue weighted by molar-refractivity contribution is 6.40. The van der Waals surface area contributed by atoms with Crippen LogP contribution in [0.4, 0.5) is 5.69 Å². The Morgan fingerprint density at radius 3 is 2.16 bits per heavy atom. The third-order valence-electron chi connectivity index (χ3n) is 4.81. The number of carbonyl (C=O) groups is 3. The predicted molar refractivity (Wildman–Crippen MR) is 126 cm³/mol. The van der Waals surface area contributed by atoms with Gasteiger partial charge in [-0.05, 0) is 48.7 Å². The zero-order chi connectivity index (χ0) is 22.9. The molecule has 0 heterocycles. The highest BCUT2D eigenvalue weighted by Crippen LogP contribution is 2.15. The summed E-state index contributed by atoms with van der Waals surface area (Å²) in [5.74, 6) is -1.95. The van der Waals surface area contributed by atoms with Crippen molar-refractivity contribution in [3.8, 4) is 0 Å². The standard InChI is InChI=1S/C25H24ClN3O3/c1-17-6-8-19(9-7-17)16-28-23(30)21-4-2-3-5-22(21)29-25(32)24(31)27-15-14-18-10-12-20(26)13-11-18/h2-13H,14-16H2,1H3,(H,27,31)(H,28,30)(H,29,32). The summed E-state index contributed by atoms with van der Waals surface area (Å²) in [6.45, 7) is 2.65. The van der Waals surface area contributed by atoms with Crippen molar-refractivity contribution in [2.24, 2.45) is 0 Å². The first-order valence-electron chi connectivity index (χ1n) is 10.2. The second kappa shape index (κ2) is 11.1. The van der Waals surface area contributed by atoms with Crippen LogP contribution in [-0.4, -0.2) is 24.3 Å². The van der Waals surface area contributed by atoms with E-state index in [1.165, 1.54) is 0 Å². The number of aryl methyl sites for hydroxylation is 1. The monoisotopic (exact) mass is 449 g/mol. The van der Waals surface area contributed by atoms with Crippen molar-refractivity contribution < 1.29 is 14.4 Å². The van der Waals surface area contributed by atoms with Gasteiger partial charge in [0.05, 0.1) is 11.3 Å². The van der Waals surface area contributed by atoms with Crippen LogP contribution in [0, 0.1) is 6.92 Å². The van der Waals surface area contributed by atoms with Gasteiger partial charge in [-0.3, -0.25) is 14.4 Å². The molecular weight excluding hydrogens is 426 g/mol. The van der Waals surface area contributed by atoms with Crippen molar-refractivity contribution in [3.05, 3.63) is 100 Å². The minimum Gasteiger partial charge on any atom is -0.348 e. The summed E-state index contributed by atoms with van der Waals surface area (Å²) in [4.78, 5) is 37.1. The van der Waals surface area contributed by atoms with Gasteiger partial charge >= 0.3 is 11.8 Å². The number of para-hydroxylation sites is 1. The van der Waals surface area contributed by atoms with Crippen LogP contribution in [0.5, 0.6) is 0 Å². The van der Waals surface area contributed by atoms with Crippen LogP contribution in [0.2, 0.25) is 5.02 Å². The third-order valence-corrected chi connectivity index (χ3v) is 5.06. The van der Waals surface area contributed by atoms with Crippen LogP contribution in [0.1, 0.15) is 27.0 Å². The van der Waals surface area contributed by atoms with Gasteiger partial charge < -0.3 is 16.0 Å². The van der Waals surface area contributed by atoms with Crippen LogP contribution >= 0.6 is 11.6 Å². The van der Waals surface area contributed by atoms with E-state index < -0.39 is 11.8 Å². The molecule has 0 aromatic heterocycles. The number of amides is 3. The molecule has 3 amide bonds. The van der Waals surface area contributed by atoms with E-state index in [4.69, 9.17) is 11.6 Å². The fourth-order valence-electron chi connectivity index (χ4n) is 3.00. The number of nitrogens with one attached hydrogen (secondary N) is 3. The van der Waals surface area contributed by atoms with Crippen molar-refractivity contribution in [1.82, 2.24) is 10.6 Å². The number of hydrogen-bond donors (Lipinski definition) is 3. The smallest absolute Gasteiger partial charge is 0.313 e. The first-order valence-corrected chi connectivity index (χ1v) is 10.6. The molecule has 0 fully saturated rings. The van der Waals surface area contributed by atoms with Crippen molar-refractivity contribution in [2.75, 3.05) is 11.9 Å². The molecule has 0 aliphatic heterocycles. The Labute approximate surface area is 192 Å². The van der Waals surface area contributed by atoms with E-state index in [9.17, 15) is 14.4 Å². The number of benzene rings is 3. The van der Waals surface area contributed by atoms with Gasteiger partial charge in [0.2, 0.25) is 0 Å². The fourth-order valence-corrected chi connectivity index (χ4v) is 3.13. The summed E-state index contributed by atoms with van der Waals surface area (Å²) in [6.07, 6.45) is 0.564. The van der Waals surface area contributed by atoms with Crippen LogP contribution in [0.15, 0.2) is 72.8 Å². The molecule has 0 saturated carbocycles. The van der Waals surface area contributed by atoms with Crippen LogP contribution in [-0.2, 0) is 22.6 Å². The molecule has 32 heavy (non-hydrogen) atoms. The maximum absolute atomic E-state index is 12.6. The zero-order valence-electron chi connectivity index (χ0n) is 17.7. The maximum atomic E-state index is 12.6. The molecule has 0 bridgehead atoms. The van der Waals surface area contributed by atoms with E-state index in [1.54, 1.807) is 36.4 Å². The molecule has 3 aromatic carbocycles. The molecule has 0 spiro atoms. The van der Waals surface area contributed by atoms with E-state index in [0.29, 0.717) is 24.5 Å². The summed E-state index contributed by atoms with van der Waals surface area (Å²) >= 11 is 5.86. The molecule has 164 valence electrons. The lowest BCUT2D eigenvalue weighted by Gasteiger charge is -2.12. The molecule has 3 aromatic rings. The lowest BCUT2D eigenvalue weighted by Crippen LogP contribution is -2.37. The zero-order valence-corrected chi connectivity index (χ0v) is 18.4. The summed E-state index contributed by atoms with van der Waals surface area (Å²) in [5, 5.41) is 8.58. The molecule has 7 heteroatoms. The van der Waals surface area contributed by atoms with Crippen LogP contribution in [0.25, 0.3) is 0 Å². The van der Waals surface area contributed by atoms with Gasteiger partial charge in [-0.2, -0.15) is 0 Å². The Morgan fingerprint density at radius 2 is 1.44 bits per heavy atom. The maximum Gasteiger partial charge on any atom is 0.313 e. The normalized spacial score (nSPS) is 10.3. The fraction of sp³-hybridized carbons (Fsp3) is 0.160. The second-order valence-electron chi connectivity index (χ2n) is 7.30. The summed E-state index contributed by atoms with van der Waals surface area (Å²) < 4.78 is 0. The van der Waals surface area contributed by atoms with Crippen molar-refractivity contribution in [2.45, 2.75) is 19.9 Å². The van der Waals surface area contributed by atoms with E-state index in [0.717, 1.165) is 16.7 Å². The molecule has 3 N–H and O–H groups in total. The molecule has 6 nitrogen and oxygen atoms in total. The SMILES string of the molecule is Cc1ccc(CNC(=O)c2ccccc2NC(=O)C(=O)NCCc2ccc(Cl)cc2)cc1. The first-order chi connectivity index (χ1) is 15.4. The Kier molecular flexibility index (Phi) is 8.00. The topological polar surface area (TPSA) is 87.3 Å². The van der Waals surface area contributed by atoms with E-state index in [2.05, 4.69) is 16.0 Å². The number of hydrogen-bond acceptors (Lipinski definition) is 3. The Morgan fingerprint density at radius 1 is 0.781 bits per heavy atom. The van der Waals surface area contributed by atoms with Gasteiger partial charge in [0.1, 0.15) is 0 Å². The van der Waals surface area contributed by atoms with E-state index in [-0.39, 0.29) is 17.2 Å². The predicted octanol–water partition coefficient (Wildman–Crippen LogP) is 3.88. The van der Waals surface area contributed by atoms with Gasteiger partial charge in [0, 0.05) is 18.1 Å². The Hall–Kier alpha value is -3.64. The minimum absolute atomic E-state index is 0.270. The molecule has 0 unspecified atom stereocenters. The highest BCUT2D eigenvalue weighted by atomic mass is 35.5. The molecule has 0 aliphatic rings. The van der Waals surface area contributed by atoms with E-state index >= 15 is 0 Å². The Bertz CT molecular complexity index is 1100. The van der Waals surface area contributed by atoms with Crippen molar-refractivity contribution in [1.29, 1.82) is 0 Å². The lowest BCUT2D eigenvalue weighted by molar-refractivity contribution is -0.136. The third kappa shape index (κ3) is 6.68. The average Bonchev–Trinajstić information content (AvgIpc) is 2.80. The molecule has 0 radical (unpaired) electrons. The molecule has 0 atom stereocenters. The van der Waals surface area contributed by atoms with Gasteiger partial charge in [-0.1, -0.05) is 65.7 Å². The molecule has 0 aliphatic carbocycles. The van der Waals surface area contributed by atoms with Gasteiger partial charge in [0.15, 0.2) is 0 Å². The highest BCUT2D eigenvalue weighted by Gasteiger charge is 2.17. The number of rotatable bonds is 7. The van der Waals surface area contributed by atoms with Gasteiger partial charge in [0.25, 0.3) is 5.91 Å². The van der Waals surface area contributed by atoms with E-state index in [1.807, 2.05) is 43.3 Å². The van der Waals surface area contributed by atoms with Crippen molar-refractivity contribution in [3.63, 3.8) is 0 Å². The number of carbonyl (C=O) groups excluding carboxylic acids is 3. The summed E-state index contributed by atoms with van der Waals surface area (Å²) in [5.41, 5.74) is 3.64. The van der Waals surface area contributed by atoms with Crippen LogP contribution in [0.3, 0.4) is 0 Å². The minimum atomic E-state index is -0.833. The van der Waals surface area contributed by atoms with Gasteiger partial charge in [-0.25, -0.2) is 0 Å². The lowest BCUT2D eigenvalue weighted by atomic mass is 10.1. The molecule has 0 saturated heterocycles. The van der Waals surface area contributed by atoms with Gasteiger partial charge in [-0.15, -0.1) is 0 Å². The molecular formula is C25H24ClN3O3. The summed E-state index contributed by atoms with van der Waals surface area (Å²) in [6, 6.07) is 21.7. The second-order valence-corrected chi connectivity index (χ2v) is 7.74. The number of anilines is 1. The van der Waals surface area contributed by atoms with Crippen molar-refractivity contribution >= 4 is 35.0 Å². The quantitative estimate of drug-likeness (QED) is 0.478. The first kappa shape index (κ1) is 23.0. The van der Waals surface area contributed by atoms with Crippen LogP contribution < -0.4 is 16.0 Å².